The van der Waals surface area contributed by atoms with Crippen LogP contribution in [0.3, 0.4) is 0 Å². The fourth-order valence-corrected chi connectivity index (χ4v) is 4.22. The number of benzene rings is 1. The van der Waals surface area contributed by atoms with Crippen LogP contribution in [0.4, 0.5) is 0 Å². The number of hydrogen-bond donors (Lipinski definition) is 1. The van der Waals surface area contributed by atoms with E-state index in [4.69, 9.17) is 0 Å². The number of hydrogen-bond acceptors (Lipinski definition) is 4. The van der Waals surface area contributed by atoms with Crippen LogP contribution in [0.2, 0.25) is 0 Å². The molecule has 1 fully saturated rings. The molecule has 1 heterocycles. The summed E-state index contributed by atoms with van der Waals surface area (Å²) in [6.07, 6.45) is 2.71. The van der Waals surface area contributed by atoms with Gasteiger partial charge in [0.25, 0.3) is 5.91 Å². The molecule has 26 heavy (non-hydrogen) atoms. The topological polar surface area (TPSA) is 83.5 Å². The van der Waals surface area contributed by atoms with Crippen LogP contribution in [0.1, 0.15) is 45.6 Å². The number of amides is 2. The first-order valence-electron chi connectivity index (χ1n) is 8.94. The third-order valence-electron chi connectivity index (χ3n) is 4.50. The van der Waals surface area contributed by atoms with E-state index in [2.05, 4.69) is 5.32 Å². The van der Waals surface area contributed by atoms with E-state index < -0.39 is 32.4 Å². The predicted octanol–water partition coefficient (Wildman–Crippen LogP) is 2.27. The number of rotatable bonds is 4. The van der Waals surface area contributed by atoms with Crippen LogP contribution in [0.5, 0.6) is 0 Å². The fourth-order valence-electron chi connectivity index (χ4n) is 2.75. The van der Waals surface area contributed by atoms with Gasteiger partial charge in [-0.25, -0.2) is 8.42 Å². The highest BCUT2D eigenvalue weighted by molar-refractivity contribution is 7.92. The number of carbonyl (C=O) groups excluding carboxylic acids is 2. The van der Waals surface area contributed by atoms with Crippen molar-refractivity contribution in [1.82, 2.24) is 10.2 Å². The minimum atomic E-state index is -4.04. The molecular weight excluding hydrogens is 352 g/mol. The lowest BCUT2D eigenvalue weighted by molar-refractivity contribution is -0.137. The summed E-state index contributed by atoms with van der Waals surface area (Å²) < 4.78 is 26.3. The van der Waals surface area contributed by atoms with E-state index in [1.54, 1.807) is 37.8 Å². The summed E-state index contributed by atoms with van der Waals surface area (Å²) in [6, 6.07) is 6.32. The number of carbonyl (C=O) groups is 2. The summed E-state index contributed by atoms with van der Waals surface area (Å²) in [6.45, 7) is 7.94. The zero-order valence-electron chi connectivity index (χ0n) is 15.9. The average molecular weight is 381 g/mol. The molecule has 2 amide bonds. The lowest BCUT2D eigenvalue weighted by Crippen LogP contribution is -2.55. The van der Waals surface area contributed by atoms with Gasteiger partial charge >= 0.3 is 0 Å². The number of aryl methyl sites for hydroxylation is 1. The second-order valence-corrected chi connectivity index (χ2v) is 9.88. The minimum Gasteiger partial charge on any atom is -0.340 e. The molecule has 7 heteroatoms. The van der Waals surface area contributed by atoms with Gasteiger partial charge in [0.1, 0.15) is 0 Å². The van der Waals surface area contributed by atoms with E-state index in [-0.39, 0.29) is 4.90 Å². The molecule has 1 saturated heterocycles. The Hall–Kier alpha value is -1.89. The maximum atomic E-state index is 13.1. The number of nitrogens with one attached hydrogen (secondary N) is 1. The first-order chi connectivity index (χ1) is 12.0. The first-order valence-corrected chi connectivity index (χ1v) is 10.5. The number of likely N-dealkylation sites (tertiary alicyclic amines) is 1. The normalized spacial score (nSPS) is 16.8. The molecule has 0 saturated carbocycles. The molecule has 0 bridgehead atoms. The van der Waals surface area contributed by atoms with Crippen LogP contribution in [0, 0.1) is 12.3 Å². The van der Waals surface area contributed by atoms with Crippen molar-refractivity contribution < 1.29 is 18.0 Å². The van der Waals surface area contributed by atoms with Gasteiger partial charge in [-0.2, -0.15) is 0 Å². The summed E-state index contributed by atoms with van der Waals surface area (Å²) in [4.78, 5) is 27.0. The molecule has 144 valence electrons. The van der Waals surface area contributed by atoms with Crippen LogP contribution in [0.25, 0.3) is 0 Å². The number of sulfone groups is 1. The second-order valence-electron chi connectivity index (χ2n) is 7.85. The molecule has 6 nitrogen and oxygen atoms in total. The molecule has 0 spiro atoms. The van der Waals surface area contributed by atoms with Crippen LogP contribution in [-0.2, 0) is 19.4 Å². The Morgan fingerprint density at radius 2 is 1.58 bits per heavy atom. The smallest absolute Gasteiger partial charge is 0.261 e. The SMILES string of the molecule is Cc1ccc(S(=O)(=O)C(NC(=O)C(C)(C)C)C(=O)N2CCCCC2)cc1. The Morgan fingerprint density at radius 3 is 2.08 bits per heavy atom. The van der Waals surface area contributed by atoms with Gasteiger partial charge in [-0.3, -0.25) is 9.59 Å². The molecule has 1 aliphatic heterocycles. The van der Waals surface area contributed by atoms with Crippen molar-refractivity contribution in [3.63, 3.8) is 0 Å². The number of piperidine rings is 1. The minimum absolute atomic E-state index is 0.0349. The van der Waals surface area contributed by atoms with Crippen LogP contribution >= 0.6 is 0 Å². The Kier molecular flexibility index (Phi) is 6.11. The Labute approximate surface area is 155 Å². The quantitative estimate of drug-likeness (QED) is 0.868. The summed E-state index contributed by atoms with van der Waals surface area (Å²) in [7, 11) is -4.04. The zero-order valence-corrected chi connectivity index (χ0v) is 16.7. The molecule has 1 aromatic rings. The van der Waals surface area contributed by atoms with Gasteiger partial charge in [0, 0.05) is 18.5 Å². The maximum absolute atomic E-state index is 13.1. The maximum Gasteiger partial charge on any atom is 0.261 e. The molecule has 1 unspecified atom stereocenters. The van der Waals surface area contributed by atoms with Gasteiger partial charge in [0.15, 0.2) is 0 Å². The lowest BCUT2D eigenvalue weighted by atomic mass is 9.96. The molecule has 2 rings (SSSR count). The van der Waals surface area contributed by atoms with E-state index in [0.29, 0.717) is 13.1 Å². The summed E-state index contributed by atoms with van der Waals surface area (Å²) in [5.74, 6) is -1.02. The van der Waals surface area contributed by atoms with E-state index in [1.807, 2.05) is 6.92 Å². The van der Waals surface area contributed by atoms with Crippen molar-refractivity contribution in [1.29, 1.82) is 0 Å². The molecule has 1 aliphatic rings. The predicted molar refractivity (Wildman–Crippen MR) is 100 cm³/mol. The first kappa shape index (κ1) is 20.4. The molecule has 1 aromatic carbocycles. The molecule has 0 aromatic heterocycles. The highest BCUT2D eigenvalue weighted by atomic mass is 32.2. The van der Waals surface area contributed by atoms with Gasteiger partial charge in [-0.05, 0) is 38.3 Å². The third-order valence-corrected chi connectivity index (χ3v) is 6.36. The van der Waals surface area contributed by atoms with Crippen molar-refractivity contribution in [2.45, 2.75) is 57.2 Å². The van der Waals surface area contributed by atoms with E-state index in [9.17, 15) is 18.0 Å². The lowest BCUT2D eigenvalue weighted by Gasteiger charge is -2.31. The fraction of sp³-hybridized carbons (Fsp3) is 0.579. The molecule has 0 radical (unpaired) electrons. The summed E-state index contributed by atoms with van der Waals surface area (Å²) >= 11 is 0. The van der Waals surface area contributed by atoms with Crippen molar-refractivity contribution in [3.8, 4) is 0 Å². The third kappa shape index (κ3) is 4.63. The molecule has 1 atom stereocenters. The molecule has 1 N–H and O–H groups in total. The Balaban J connectivity index is 2.39. The Bertz CT molecular complexity index is 758. The van der Waals surface area contributed by atoms with Crippen molar-refractivity contribution in [2.75, 3.05) is 13.1 Å². The van der Waals surface area contributed by atoms with Crippen molar-refractivity contribution in [2.24, 2.45) is 5.41 Å². The molecule has 0 aliphatic carbocycles. The summed E-state index contributed by atoms with van der Waals surface area (Å²) in [5, 5.41) is 0.887. The summed E-state index contributed by atoms with van der Waals surface area (Å²) in [5.41, 5.74) is 0.116. The van der Waals surface area contributed by atoms with E-state index >= 15 is 0 Å². The van der Waals surface area contributed by atoms with Crippen molar-refractivity contribution in [3.05, 3.63) is 29.8 Å². The Morgan fingerprint density at radius 1 is 1.04 bits per heavy atom. The molecular formula is C19H28N2O4S. The van der Waals surface area contributed by atoms with Crippen molar-refractivity contribution >= 4 is 21.7 Å². The highest BCUT2D eigenvalue weighted by Crippen LogP contribution is 2.21. The second kappa shape index (κ2) is 7.78. The van der Waals surface area contributed by atoms with Gasteiger partial charge in [-0.15, -0.1) is 0 Å². The largest absolute Gasteiger partial charge is 0.340 e. The van der Waals surface area contributed by atoms with Crippen LogP contribution < -0.4 is 5.32 Å². The van der Waals surface area contributed by atoms with E-state index in [1.165, 1.54) is 12.1 Å². The van der Waals surface area contributed by atoms with Gasteiger partial charge in [-0.1, -0.05) is 38.5 Å². The van der Waals surface area contributed by atoms with Crippen LogP contribution in [0.15, 0.2) is 29.2 Å². The zero-order chi connectivity index (χ0) is 19.5. The standard InChI is InChI=1S/C19H28N2O4S/c1-14-8-10-15(11-9-14)26(24,25)16(20-18(23)19(2,3)4)17(22)21-12-6-5-7-13-21/h8-11,16H,5-7,12-13H2,1-4H3,(H,20,23). The van der Waals surface area contributed by atoms with Crippen LogP contribution in [-0.4, -0.2) is 43.6 Å². The number of nitrogens with zero attached hydrogens (tertiary/aromatic N) is 1. The van der Waals surface area contributed by atoms with Gasteiger partial charge in [0.2, 0.25) is 21.1 Å². The van der Waals surface area contributed by atoms with E-state index in [0.717, 1.165) is 24.8 Å². The van der Waals surface area contributed by atoms with Gasteiger partial charge in [0.05, 0.1) is 4.90 Å². The van der Waals surface area contributed by atoms with Gasteiger partial charge < -0.3 is 10.2 Å². The monoisotopic (exact) mass is 380 g/mol. The average Bonchev–Trinajstić information content (AvgIpc) is 2.59. The highest BCUT2D eigenvalue weighted by Gasteiger charge is 2.40.